The number of fused-ring (bicyclic) bond motifs is 1. The Balaban J connectivity index is 1.80. The second kappa shape index (κ2) is 8.69. The summed E-state index contributed by atoms with van der Waals surface area (Å²) in [5.74, 6) is -0.119. The fourth-order valence-electron chi connectivity index (χ4n) is 3.40. The summed E-state index contributed by atoms with van der Waals surface area (Å²) in [4.78, 5) is 17.4. The molecule has 5 nitrogen and oxygen atoms in total. The van der Waals surface area contributed by atoms with Crippen molar-refractivity contribution in [2.75, 3.05) is 6.54 Å². The molecule has 2 aromatic carbocycles. The number of hydrogen-bond acceptors (Lipinski definition) is 3. The van der Waals surface area contributed by atoms with Gasteiger partial charge in [0.15, 0.2) is 5.65 Å². The molecule has 4 aromatic rings. The Hall–Kier alpha value is -3.47. The van der Waals surface area contributed by atoms with Crippen molar-refractivity contribution in [1.29, 1.82) is 0 Å². The third-order valence-electron chi connectivity index (χ3n) is 4.91. The Morgan fingerprint density at radius 3 is 2.34 bits per heavy atom. The van der Waals surface area contributed by atoms with Crippen molar-refractivity contribution in [2.45, 2.75) is 26.2 Å². The van der Waals surface area contributed by atoms with Crippen LogP contribution in [0.1, 0.15) is 36.5 Å². The number of amides is 1. The van der Waals surface area contributed by atoms with Crippen LogP contribution in [0.2, 0.25) is 0 Å². The van der Waals surface area contributed by atoms with E-state index in [0.717, 1.165) is 41.8 Å². The third-order valence-corrected chi connectivity index (χ3v) is 4.91. The molecule has 146 valence electrons. The molecule has 2 aromatic heterocycles. The lowest BCUT2D eigenvalue weighted by molar-refractivity contribution is 0.0953. The second-order valence-electron chi connectivity index (χ2n) is 7.02. The highest BCUT2D eigenvalue weighted by molar-refractivity contribution is 6.00. The van der Waals surface area contributed by atoms with Gasteiger partial charge in [0, 0.05) is 29.9 Å². The van der Waals surface area contributed by atoms with Gasteiger partial charge >= 0.3 is 0 Å². The molecule has 0 bridgehead atoms. The van der Waals surface area contributed by atoms with Crippen LogP contribution in [0.25, 0.3) is 28.2 Å². The van der Waals surface area contributed by atoms with Gasteiger partial charge in [0.2, 0.25) is 0 Å². The minimum Gasteiger partial charge on any atom is -0.352 e. The van der Waals surface area contributed by atoms with Gasteiger partial charge < -0.3 is 5.32 Å². The maximum Gasteiger partial charge on any atom is 0.255 e. The number of unbranched alkanes of at least 4 members (excludes halogenated alkanes) is 2. The van der Waals surface area contributed by atoms with Crippen molar-refractivity contribution in [3.63, 3.8) is 0 Å². The summed E-state index contributed by atoms with van der Waals surface area (Å²) in [6.45, 7) is 2.81. The largest absolute Gasteiger partial charge is 0.352 e. The number of carbonyl (C=O) groups excluding carboxylic acids is 1. The first-order valence-electron chi connectivity index (χ1n) is 10.1. The zero-order valence-corrected chi connectivity index (χ0v) is 16.5. The van der Waals surface area contributed by atoms with Crippen LogP contribution < -0.4 is 5.32 Å². The first-order chi connectivity index (χ1) is 14.3. The van der Waals surface area contributed by atoms with Gasteiger partial charge in [0.1, 0.15) is 0 Å². The number of nitrogens with one attached hydrogen (secondary N) is 1. The molecule has 4 rings (SSSR count). The quantitative estimate of drug-likeness (QED) is 0.457. The smallest absolute Gasteiger partial charge is 0.255 e. The Morgan fingerprint density at radius 2 is 1.66 bits per heavy atom. The summed E-state index contributed by atoms with van der Waals surface area (Å²) in [6, 6.07) is 21.8. The van der Waals surface area contributed by atoms with E-state index < -0.39 is 0 Å². The molecule has 2 heterocycles. The second-order valence-corrected chi connectivity index (χ2v) is 7.02. The van der Waals surface area contributed by atoms with Crippen LogP contribution in [0.4, 0.5) is 0 Å². The maximum absolute atomic E-state index is 12.9. The zero-order chi connectivity index (χ0) is 20.1. The first-order valence-corrected chi connectivity index (χ1v) is 10.1. The lowest BCUT2D eigenvalue weighted by atomic mass is 10.1. The summed E-state index contributed by atoms with van der Waals surface area (Å²) in [6.07, 6.45) is 4.85. The van der Waals surface area contributed by atoms with Gasteiger partial charge in [-0.15, -0.1) is 0 Å². The molecule has 1 amide bonds. The predicted molar refractivity (Wildman–Crippen MR) is 116 cm³/mol. The van der Waals surface area contributed by atoms with Gasteiger partial charge in [-0.05, 0) is 6.42 Å². The minimum atomic E-state index is -0.119. The van der Waals surface area contributed by atoms with E-state index in [4.69, 9.17) is 5.10 Å². The first kappa shape index (κ1) is 18.9. The molecule has 0 radical (unpaired) electrons. The van der Waals surface area contributed by atoms with E-state index in [1.54, 1.807) is 10.7 Å². The van der Waals surface area contributed by atoms with Crippen molar-refractivity contribution in [3.05, 3.63) is 78.5 Å². The number of nitrogens with zero attached hydrogens (tertiary/aromatic N) is 3. The number of aromatic nitrogens is 3. The van der Waals surface area contributed by atoms with Gasteiger partial charge in [-0.1, -0.05) is 80.4 Å². The summed E-state index contributed by atoms with van der Waals surface area (Å²) in [5.41, 5.74) is 4.78. The molecule has 0 aliphatic carbocycles. The van der Waals surface area contributed by atoms with Crippen molar-refractivity contribution < 1.29 is 4.79 Å². The molecule has 0 unspecified atom stereocenters. The highest BCUT2D eigenvalue weighted by Gasteiger charge is 2.19. The van der Waals surface area contributed by atoms with Gasteiger partial charge in [-0.2, -0.15) is 5.10 Å². The standard InChI is InChI=1S/C24H24N4O/c1-2-3-10-15-25-24(29)20-17-26-22-16-21(18-11-6-4-7-12-18)27-28(22)23(20)19-13-8-5-9-14-19/h4-9,11-14,16-17H,2-3,10,15H2,1H3,(H,25,29). The van der Waals surface area contributed by atoms with Crippen LogP contribution in [0.5, 0.6) is 0 Å². The molecule has 0 saturated heterocycles. The van der Waals surface area contributed by atoms with Crippen molar-refractivity contribution in [1.82, 2.24) is 19.9 Å². The molecular weight excluding hydrogens is 360 g/mol. The SMILES string of the molecule is CCCCCNC(=O)c1cnc2cc(-c3ccccc3)nn2c1-c1ccccc1. The van der Waals surface area contributed by atoms with Crippen molar-refractivity contribution in [3.8, 4) is 22.5 Å². The number of rotatable bonds is 7. The van der Waals surface area contributed by atoms with E-state index in [1.165, 1.54) is 0 Å². The van der Waals surface area contributed by atoms with Crippen LogP contribution in [0.3, 0.4) is 0 Å². The van der Waals surface area contributed by atoms with E-state index in [1.807, 2.05) is 66.7 Å². The van der Waals surface area contributed by atoms with Crippen LogP contribution in [-0.2, 0) is 0 Å². The normalized spacial score (nSPS) is 10.9. The van der Waals surface area contributed by atoms with E-state index >= 15 is 0 Å². The third kappa shape index (κ3) is 4.04. The number of hydrogen-bond donors (Lipinski definition) is 1. The lowest BCUT2D eigenvalue weighted by Gasteiger charge is -2.12. The van der Waals surface area contributed by atoms with Crippen LogP contribution >= 0.6 is 0 Å². The molecular formula is C24H24N4O. The molecule has 0 aliphatic heterocycles. The summed E-state index contributed by atoms with van der Waals surface area (Å²) in [7, 11) is 0. The minimum absolute atomic E-state index is 0.119. The maximum atomic E-state index is 12.9. The van der Waals surface area contributed by atoms with Crippen molar-refractivity contribution in [2.24, 2.45) is 0 Å². The van der Waals surface area contributed by atoms with Gasteiger partial charge in [-0.3, -0.25) is 4.79 Å². The van der Waals surface area contributed by atoms with E-state index in [9.17, 15) is 4.79 Å². The predicted octanol–water partition coefficient (Wildman–Crippen LogP) is 4.98. The molecule has 1 N–H and O–H groups in total. The van der Waals surface area contributed by atoms with Gasteiger partial charge in [-0.25, -0.2) is 9.50 Å². The number of benzene rings is 2. The van der Waals surface area contributed by atoms with Crippen LogP contribution in [0.15, 0.2) is 72.9 Å². The number of carbonyl (C=O) groups is 1. The monoisotopic (exact) mass is 384 g/mol. The van der Waals surface area contributed by atoms with Crippen LogP contribution in [0, 0.1) is 0 Å². The topological polar surface area (TPSA) is 59.3 Å². The summed E-state index contributed by atoms with van der Waals surface area (Å²) in [5, 5.41) is 7.81. The molecule has 0 fully saturated rings. The fraction of sp³-hybridized carbons (Fsp3) is 0.208. The average molecular weight is 384 g/mol. The van der Waals surface area contributed by atoms with Gasteiger partial charge in [0.05, 0.1) is 17.0 Å². The Kier molecular flexibility index (Phi) is 5.66. The molecule has 0 aliphatic rings. The molecule has 0 saturated carbocycles. The van der Waals surface area contributed by atoms with E-state index in [-0.39, 0.29) is 5.91 Å². The van der Waals surface area contributed by atoms with E-state index in [0.29, 0.717) is 17.8 Å². The molecule has 0 atom stereocenters. The van der Waals surface area contributed by atoms with Gasteiger partial charge in [0.25, 0.3) is 5.91 Å². The fourth-order valence-corrected chi connectivity index (χ4v) is 3.40. The van der Waals surface area contributed by atoms with E-state index in [2.05, 4.69) is 17.2 Å². The lowest BCUT2D eigenvalue weighted by Crippen LogP contribution is -2.26. The van der Waals surface area contributed by atoms with Crippen LogP contribution in [-0.4, -0.2) is 27.0 Å². The summed E-state index contributed by atoms with van der Waals surface area (Å²) >= 11 is 0. The Labute approximate surface area is 170 Å². The molecule has 29 heavy (non-hydrogen) atoms. The zero-order valence-electron chi connectivity index (χ0n) is 16.5. The highest BCUT2D eigenvalue weighted by atomic mass is 16.1. The Morgan fingerprint density at radius 1 is 0.966 bits per heavy atom. The molecule has 0 spiro atoms. The highest BCUT2D eigenvalue weighted by Crippen LogP contribution is 2.27. The Bertz CT molecular complexity index is 1100. The average Bonchev–Trinajstić information content (AvgIpc) is 3.21. The molecule has 5 heteroatoms. The van der Waals surface area contributed by atoms with Crippen molar-refractivity contribution >= 4 is 11.6 Å². The summed E-state index contributed by atoms with van der Waals surface area (Å²) < 4.78 is 1.78.